The number of aliphatic carboxylic acids is 1. The molecule has 16 heavy (non-hydrogen) atoms. The van der Waals surface area contributed by atoms with E-state index >= 15 is 0 Å². The second kappa shape index (κ2) is 5.30. The molecule has 1 N–H and O–H groups in total. The van der Waals surface area contributed by atoms with Gasteiger partial charge >= 0.3 is 5.97 Å². The number of carbonyl (C=O) groups is 2. The summed E-state index contributed by atoms with van der Waals surface area (Å²) >= 11 is 0. The highest BCUT2D eigenvalue weighted by Crippen LogP contribution is 2.17. The number of carbonyl (C=O) groups excluding carboxylic acids is 1. The zero-order chi connectivity index (χ0) is 12.1. The molecule has 0 radical (unpaired) electrons. The molecule has 0 saturated heterocycles. The van der Waals surface area contributed by atoms with E-state index in [4.69, 9.17) is 5.11 Å². The number of para-hydroxylation sites is 1. The molecule has 0 aliphatic rings. The monoisotopic (exact) mass is 221 g/mol. The van der Waals surface area contributed by atoms with Gasteiger partial charge in [-0.25, -0.2) is 0 Å². The topological polar surface area (TPSA) is 57.6 Å². The third-order valence-electron chi connectivity index (χ3n) is 2.12. The first-order chi connectivity index (χ1) is 7.52. The Bertz CT molecular complexity index is 373. The maximum atomic E-state index is 11.7. The Morgan fingerprint density at radius 2 is 1.81 bits per heavy atom. The molecule has 0 unspecified atom stereocenters. The number of hydrogen-bond acceptors (Lipinski definition) is 2. The van der Waals surface area contributed by atoms with Crippen LogP contribution in [0.5, 0.6) is 0 Å². The number of hydrogen-bond donors (Lipinski definition) is 1. The zero-order valence-electron chi connectivity index (χ0n) is 9.38. The van der Waals surface area contributed by atoms with E-state index in [-0.39, 0.29) is 6.04 Å². The highest BCUT2D eigenvalue weighted by molar-refractivity contribution is 6.03. The molecule has 0 atom stereocenters. The summed E-state index contributed by atoms with van der Waals surface area (Å²) in [6.07, 6.45) is -0.479. The SMILES string of the molecule is CC(C)N(C(=O)CC(=O)O)c1ccccc1. The molecule has 0 spiro atoms. The fourth-order valence-electron chi connectivity index (χ4n) is 1.53. The number of amides is 1. The molecule has 0 aromatic heterocycles. The molecule has 1 amide bonds. The predicted molar refractivity (Wildman–Crippen MR) is 61.3 cm³/mol. The summed E-state index contributed by atoms with van der Waals surface area (Å²) in [5.74, 6) is -1.50. The van der Waals surface area contributed by atoms with Crippen molar-refractivity contribution in [3.8, 4) is 0 Å². The van der Waals surface area contributed by atoms with E-state index in [2.05, 4.69) is 0 Å². The molecule has 1 aromatic carbocycles. The number of carboxylic acids is 1. The Kier molecular flexibility index (Phi) is 4.05. The molecule has 0 bridgehead atoms. The van der Waals surface area contributed by atoms with Crippen LogP contribution in [-0.4, -0.2) is 23.0 Å². The Balaban J connectivity index is 2.92. The molecule has 0 heterocycles. The van der Waals surface area contributed by atoms with Crippen LogP contribution in [0.3, 0.4) is 0 Å². The van der Waals surface area contributed by atoms with Gasteiger partial charge in [0.2, 0.25) is 5.91 Å². The van der Waals surface area contributed by atoms with Crippen LogP contribution in [-0.2, 0) is 9.59 Å². The maximum absolute atomic E-state index is 11.7. The number of rotatable bonds is 4. The van der Waals surface area contributed by atoms with Gasteiger partial charge in [0.15, 0.2) is 0 Å². The van der Waals surface area contributed by atoms with Gasteiger partial charge in [-0.05, 0) is 26.0 Å². The molecule has 1 aromatic rings. The molecule has 1 rings (SSSR count). The van der Waals surface area contributed by atoms with Crippen molar-refractivity contribution in [3.63, 3.8) is 0 Å². The zero-order valence-corrected chi connectivity index (χ0v) is 9.38. The first kappa shape index (κ1) is 12.2. The van der Waals surface area contributed by atoms with E-state index in [1.165, 1.54) is 4.90 Å². The molecular weight excluding hydrogens is 206 g/mol. The number of nitrogens with zero attached hydrogens (tertiary/aromatic N) is 1. The van der Waals surface area contributed by atoms with Crippen LogP contribution in [0.15, 0.2) is 30.3 Å². The average molecular weight is 221 g/mol. The molecule has 0 fully saturated rings. The number of anilines is 1. The molecule has 0 saturated carbocycles. The summed E-state index contributed by atoms with van der Waals surface area (Å²) in [4.78, 5) is 23.8. The minimum Gasteiger partial charge on any atom is -0.481 e. The normalized spacial score (nSPS) is 10.2. The predicted octanol–water partition coefficient (Wildman–Crippen LogP) is 1.90. The van der Waals surface area contributed by atoms with Gasteiger partial charge < -0.3 is 10.0 Å². The van der Waals surface area contributed by atoms with Crippen LogP contribution in [0.4, 0.5) is 5.69 Å². The fraction of sp³-hybridized carbons (Fsp3) is 0.333. The highest BCUT2D eigenvalue weighted by Gasteiger charge is 2.20. The van der Waals surface area contributed by atoms with E-state index in [0.29, 0.717) is 0 Å². The first-order valence-electron chi connectivity index (χ1n) is 5.11. The van der Waals surface area contributed by atoms with Gasteiger partial charge in [-0.1, -0.05) is 18.2 Å². The van der Waals surface area contributed by atoms with Gasteiger partial charge in [0.25, 0.3) is 0 Å². The van der Waals surface area contributed by atoms with Gasteiger partial charge in [-0.3, -0.25) is 9.59 Å². The van der Waals surface area contributed by atoms with Crippen molar-refractivity contribution in [2.45, 2.75) is 26.3 Å². The lowest BCUT2D eigenvalue weighted by Crippen LogP contribution is -2.38. The Hall–Kier alpha value is -1.84. The summed E-state index contributed by atoms with van der Waals surface area (Å²) in [5.41, 5.74) is 0.726. The van der Waals surface area contributed by atoms with Crippen LogP contribution in [0.25, 0.3) is 0 Å². The van der Waals surface area contributed by atoms with E-state index in [0.717, 1.165) is 5.69 Å². The van der Waals surface area contributed by atoms with Gasteiger partial charge in [-0.2, -0.15) is 0 Å². The minimum absolute atomic E-state index is 0.0609. The molecule has 0 aliphatic heterocycles. The van der Waals surface area contributed by atoms with Crippen molar-refractivity contribution >= 4 is 17.6 Å². The Morgan fingerprint density at radius 1 is 1.25 bits per heavy atom. The maximum Gasteiger partial charge on any atom is 0.312 e. The first-order valence-corrected chi connectivity index (χ1v) is 5.11. The molecule has 4 heteroatoms. The standard InChI is InChI=1S/C12H15NO3/c1-9(2)13(11(14)8-12(15)16)10-6-4-3-5-7-10/h3-7,9H,8H2,1-2H3,(H,15,16). The van der Waals surface area contributed by atoms with Gasteiger partial charge in [0, 0.05) is 11.7 Å². The average Bonchev–Trinajstić information content (AvgIpc) is 2.17. The molecule has 4 nitrogen and oxygen atoms in total. The molecule has 86 valence electrons. The molecular formula is C12H15NO3. The van der Waals surface area contributed by atoms with Crippen molar-refractivity contribution in [2.75, 3.05) is 4.90 Å². The van der Waals surface area contributed by atoms with Gasteiger partial charge in [0.05, 0.1) is 0 Å². The second-order valence-electron chi connectivity index (χ2n) is 3.76. The van der Waals surface area contributed by atoms with Crippen LogP contribution in [0, 0.1) is 0 Å². The summed E-state index contributed by atoms with van der Waals surface area (Å²) in [7, 11) is 0. The summed E-state index contributed by atoms with van der Waals surface area (Å²) in [6.45, 7) is 3.71. The lowest BCUT2D eigenvalue weighted by Gasteiger charge is -2.26. The summed E-state index contributed by atoms with van der Waals surface area (Å²) in [6, 6.07) is 9.01. The van der Waals surface area contributed by atoms with Crippen LogP contribution >= 0.6 is 0 Å². The van der Waals surface area contributed by atoms with Crippen molar-refractivity contribution in [3.05, 3.63) is 30.3 Å². The smallest absolute Gasteiger partial charge is 0.312 e. The summed E-state index contributed by atoms with van der Waals surface area (Å²) < 4.78 is 0. The minimum atomic E-state index is -1.11. The van der Waals surface area contributed by atoms with Crippen molar-refractivity contribution in [2.24, 2.45) is 0 Å². The Labute approximate surface area is 94.5 Å². The Morgan fingerprint density at radius 3 is 2.25 bits per heavy atom. The molecule has 0 aliphatic carbocycles. The van der Waals surface area contributed by atoms with Crippen LogP contribution in [0.2, 0.25) is 0 Å². The van der Waals surface area contributed by atoms with Crippen molar-refractivity contribution in [1.82, 2.24) is 0 Å². The van der Waals surface area contributed by atoms with Gasteiger partial charge in [-0.15, -0.1) is 0 Å². The number of carboxylic acid groups (broad SMARTS) is 1. The second-order valence-corrected chi connectivity index (χ2v) is 3.76. The lowest BCUT2D eigenvalue weighted by atomic mass is 10.2. The fourth-order valence-corrected chi connectivity index (χ4v) is 1.53. The van der Waals surface area contributed by atoms with E-state index in [9.17, 15) is 9.59 Å². The highest BCUT2D eigenvalue weighted by atomic mass is 16.4. The third kappa shape index (κ3) is 3.08. The summed E-state index contributed by atoms with van der Waals surface area (Å²) in [5, 5.41) is 8.61. The lowest BCUT2D eigenvalue weighted by molar-refractivity contribution is -0.140. The largest absolute Gasteiger partial charge is 0.481 e. The van der Waals surface area contributed by atoms with E-state index in [1.807, 2.05) is 32.0 Å². The quantitative estimate of drug-likeness (QED) is 0.790. The van der Waals surface area contributed by atoms with E-state index < -0.39 is 18.3 Å². The number of benzene rings is 1. The van der Waals surface area contributed by atoms with Crippen molar-refractivity contribution in [1.29, 1.82) is 0 Å². The van der Waals surface area contributed by atoms with Crippen LogP contribution in [0.1, 0.15) is 20.3 Å². The van der Waals surface area contributed by atoms with Crippen LogP contribution < -0.4 is 4.90 Å². The van der Waals surface area contributed by atoms with Gasteiger partial charge in [0.1, 0.15) is 6.42 Å². The third-order valence-corrected chi connectivity index (χ3v) is 2.12. The van der Waals surface area contributed by atoms with E-state index in [1.54, 1.807) is 12.1 Å². The van der Waals surface area contributed by atoms with Crippen molar-refractivity contribution < 1.29 is 14.7 Å².